The van der Waals surface area contributed by atoms with Crippen molar-refractivity contribution in [3.63, 3.8) is 0 Å². The maximum absolute atomic E-state index is 14.1. The molecule has 0 aliphatic heterocycles. The van der Waals surface area contributed by atoms with Gasteiger partial charge < -0.3 is 15.4 Å². The fourth-order valence-electron chi connectivity index (χ4n) is 3.76. The van der Waals surface area contributed by atoms with Crippen LogP contribution in [0.25, 0.3) is 10.8 Å². The van der Waals surface area contributed by atoms with Gasteiger partial charge in [-0.3, -0.25) is 4.79 Å². The van der Waals surface area contributed by atoms with E-state index in [9.17, 15) is 9.18 Å². The van der Waals surface area contributed by atoms with Crippen LogP contribution in [0.5, 0.6) is 5.75 Å². The maximum atomic E-state index is 14.1. The standard InChI is InChI=1S/C29H29FN2O2/c1-20(2)17-32-29(33)22-10-7-11-24(16-22)31-18-26-25-12-5-3-8-21(25)14-15-28(26)34-19-23-9-4-6-13-27(23)30/h3-16,20,31H,17-19H2,1-2H3,(H,32,33). The molecular formula is C29H29FN2O2. The van der Waals surface area contributed by atoms with Gasteiger partial charge in [0, 0.05) is 35.5 Å². The fraction of sp³-hybridized carbons (Fsp3) is 0.207. The highest BCUT2D eigenvalue weighted by Gasteiger charge is 2.12. The molecule has 4 aromatic carbocycles. The van der Waals surface area contributed by atoms with Crippen molar-refractivity contribution >= 4 is 22.4 Å². The van der Waals surface area contributed by atoms with Gasteiger partial charge in [-0.25, -0.2) is 4.39 Å². The van der Waals surface area contributed by atoms with E-state index in [2.05, 4.69) is 36.6 Å². The third-order valence-electron chi connectivity index (χ3n) is 5.60. The Bertz CT molecular complexity index is 1290. The first-order valence-electron chi connectivity index (χ1n) is 11.5. The number of fused-ring (bicyclic) bond motifs is 1. The third kappa shape index (κ3) is 5.73. The van der Waals surface area contributed by atoms with Crippen molar-refractivity contribution in [2.45, 2.75) is 27.0 Å². The van der Waals surface area contributed by atoms with Gasteiger partial charge in [0.1, 0.15) is 18.2 Å². The maximum Gasteiger partial charge on any atom is 0.251 e. The zero-order valence-electron chi connectivity index (χ0n) is 19.5. The van der Waals surface area contributed by atoms with Gasteiger partial charge in [0.15, 0.2) is 0 Å². The predicted molar refractivity (Wildman–Crippen MR) is 136 cm³/mol. The minimum Gasteiger partial charge on any atom is -0.488 e. The van der Waals surface area contributed by atoms with E-state index >= 15 is 0 Å². The Morgan fingerprint density at radius 3 is 2.56 bits per heavy atom. The molecule has 0 bridgehead atoms. The number of hydrogen-bond donors (Lipinski definition) is 2. The van der Waals surface area contributed by atoms with Gasteiger partial charge in [0.2, 0.25) is 0 Å². The Morgan fingerprint density at radius 1 is 0.941 bits per heavy atom. The summed E-state index contributed by atoms with van der Waals surface area (Å²) in [6, 6.07) is 26.1. The minimum atomic E-state index is -0.282. The summed E-state index contributed by atoms with van der Waals surface area (Å²) < 4.78 is 20.2. The van der Waals surface area contributed by atoms with E-state index in [0.717, 1.165) is 22.0 Å². The van der Waals surface area contributed by atoms with Crippen LogP contribution in [-0.2, 0) is 13.2 Å². The molecule has 0 aliphatic carbocycles. The van der Waals surface area contributed by atoms with Crippen molar-refractivity contribution in [2.24, 2.45) is 5.92 Å². The second-order valence-corrected chi connectivity index (χ2v) is 8.68. The summed E-state index contributed by atoms with van der Waals surface area (Å²) in [5.74, 6) is 0.714. The topological polar surface area (TPSA) is 50.4 Å². The van der Waals surface area contributed by atoms with Crippen LogP contribution >= 0.6 is 0 Å². The van der Waals surface area contributed by atoms with Crippen molar-refractivity contribution in [3.8, 4) is 5.75 Å². The normalized spacial score (nSPS) is 10.9. The lowest BCUT2D eigenvalue weighted by molar-refractivity contribution is 0.0949. The number of benzene rings is 4. The molecule has 0 spiro atoms. The van der Waals surface area contributed by atoms with Gasteiger partial charge >= 0.3 is 0 Å². The lowest BCUT2D eigenvalue weighted by Gasteiger charge is -2.16. The molecule has 0 fully saturated rings. The molecule has 174 valence electrons. The second kappa shape index (κ2) is 10.8. The van der Waals surface area contributed by atoms with Crippen LogP contribution in [0.1, 0.15) is 35.3 Å². The smallest absolute Gasteiger partial charge is 0.251 e. The lowest BCUT2D eigenvalue weighted by atomic mass is 10.0. The summed E-state index contributed by atoms with van der Waals surface area (Å²) in [4.78, 5) is 12.5. The average molecular weight is 457 g/mol. The summed E-state index contributed by atoms with van der Waals surface area (Å²) >= 11 is 0. The van der Waals surface area contributed by atoms with Crippen molar-refractivity contribution in [2.75, 3.05) is 11.9 Å². The van der Waals surface area contributed by atoms with Gasteiger partial charge in [-0.1, -0.05) is 68.4 Å². The monoisotopic (exact) mass is 456 g/mol. The van der Waals surface area contributed by atoms with Crippen molar-refractivity contribution < 1.29 is 13.9 Å². The number of anilines is 1. The molecule has 0 aliphatic rings. The summed E-state index contributed by atoms with van der Waals surface area (Å²) in [5.41, 5.74) is 2.93. The van der Waals surface area contributed by atoms with Crippen LogP contribution in [-0.4, -0.2) is 12.5 Å². The van der Waals surface area contributed by atoms with E-state index < -0.39 is 0 Å². The van der Waals surface area contributed by atoms with Crippen LogP contribution in [0.2, 0.25) is 0 Å². The molecular weight excluding hydrogens is 427 g/mol. The number of hydrogen-bond acceptors (Lipinski definition) is 3. The molecule has 4 nitrogen and oxygen atoms in total. The van der Waals surface area contributed by atoms with Crippen LogP contribution in [0.15, 0.2) is 84.9 Å². The molecule has 0 atom stereocenters. The van der Waals surface area contributed by atoms with Gasteiger partial charge in [-0.05, 0) is 47.0 Å². The quantitative estimate of drug-likeness (QED) is 0.300. The molecule has 4 aromatic rings. The van der Waals surface area contributed by atoms with Gasteiger partial charge in [0.05, 0.1) is 0 Å². The molecule has 0 radical (unpaired) electrons. The van der Waals surface area contributed by atoms with Gasteiger partial charge in [0.25, 0.3) is 5.91 Å². The molecule has 0 saturated carbocycles. The molecule has 2 N–H and O–H groups in total. The van der Waals surface area contributed by atoms with Crippen molar-refractivity contribution in [1.82, 2.24) is 5.32 Å². The van der Waals surface area contributed by atoms with Gasteiger partial charge in [-0.2, -0.15) is 0 Å². The third-order valence-corrected chi connectivity index (χ3v) is 5.60. The lowest BCUT2D eigenvalue weighted by Crippen LogP contribution is -2.27. The summed E-state index contributed by atoms with van der Waals surface area (Å²) in [7, 11) is 0. The van der Waals surface area contributed by atoms with Crippen LogP contribution < -0.4 is 15.4 Å². The van der Waals surface area contributed by atoms with E-state index in [-0.39, 0.29) is 18.3 Å². The zero-order chi connectivity index (χ0) is 23.9. The van der Waals surface area contributed by atoms with E-state index in [4.69, 9.17) is 4.74 Å². The van der Waals surface area contributed by atoms with Gasteiger partial charge in [-0.15, -0.1) is 0 Å². The minimum absolute atomic E-state index is 0.0866. The number of rotatable bonds is 9. The predicted octanol–water partition coefficient (Wildman–Crippen LogP) is 6.56. The summed E-state index contributed by atoms with van der Waals surface area (Å²) in [6.07, 6.45) is 0. The average Bonchev–Trinajstić information content (AvgIpc) is 2.85. The highest BCUT2D eigenvalue weighted by Crippen LogP contribution is 2.30. The molecule has 5 heteroatoms. The number of halogens is 1. The molecule has 0 unspecified atom stereocenters. The fourth-order valence-corrected chi connectivity index (χ4v) is 3.76. The number of carbonyl (C=O) groups excluding carboxylic acids is 1. The van der Waals surface area contributed by atoms with Crippen LogP contribution in [0.3, 0.4) is 0 Å². The largest absolute Gasteiger partial charge is 0.488 e. The van der Waals surface area contributed by atoms with E-state index in [0.29, 0.717) is 35.9 Å². The van der Waals surface area contributed by atoms with Crippen molar-refractivity contribution in [1.29, 1.82) is 0 Å². The first-order chi connectivity index (χ1) is 16.5. The number of amides is 1. The van der Waals surface area contributed by atoms with E-state index in [1.165, 1.54) is 6.07 Å². The Balaban J connectivity index is 1.55. The Hall–Kier alpha value is -3.86. The highest BCUT2D eigenvalue weighted by molar-refractivity contribution is 5.95. The Labute approximate surface area is 199 Å². The molecule has 0 heterocycles. The summed E-state index contributed by atoms with van der Waals surface area (Å²) in [6.45, 7) is 5.40. The number of nitrogens with one attached hydrogen (secondary N) is 2. The van der Waals surface area contributed by atoms with E-state index in [1.54, 1.807) is 18.2 Å². The highest BCUT2D eigenvalue weighted by atomic mass is 19.1. The second-order valence-electron chi connectivity index (χ2n) is 8.68. The Morgan fingerprint density at radius 2 is 1.74 bits per heavy atom. The first kappa shape index (κ1) is 23.3. The molecule has 4 rings (SSSR count). The number of ether oxygens (including phenoxy) is 1. The molecule has 1 amide bonds. The molecule has 34 heavy (non-hydrogen) atoms. The Kier molecular flexibility index (Phi) is 7.43. The SMILES string of the molecule is CC(C)CNC(=O)c1cccc(NCc2c(OCc3ccccc3F)ccc3ccccc23)c1. The molecule has 0 aromatic heterocycles. The van der Waals surface area contributed by atoms with Crippen LogP contribution in [0, 0.1) is 11.7 Å². The summed E-state index contributed by atoms with van der Waals surface area (Å²) in [5, 5.41) is 8.54. The van der Waals surface area contributed by atoms with Crippen LogP contribution in [0.4, 0.5) is 10.1 Å². The zero-order valence-corrected chi connectivity index (χ0v) is 19.5. The van der Waals surface area contributed by atoms with Crippen molar-refractivity contribution in [3.05, 3.63) is 107 Å². The number of carbonyl (C=O) groups is 1. The molecule has 0 saturated heterocycles. The first-order valence-corrected chi connectivity index (χ1v) is 11.5. The van der Waals surface area contributed by atoms with E-state index in [1.807, 2.05) is 48.5 Å².